The van der Waals surface area contributed by atoms with Crippen molar-refractivity contribution in [3.63, 3.8) is 0 Å². The van der Waals surface area contributed by atoms with Gasteiger partial charge in [0.1, 0.15) is 12.4 Å². The van der Waals surface area contributed by atoms with Crippen molar-refractivity contribution in [1.82, 2.24) is 9.62 Å². The molecule has 3 rings (SSSR count). The number of sulfonamides is 1. The van der Waals surface area contributed by atoms with E-state index in [0.29, 0.717) is 43.3 Å². The van der Waals surface area contributed by atoms with E-state index in [9.17, 15) is 13.2 Å². The predicted octanol–water partition coefficient (Wildman–Crippen LogP) is 3.16. The lowest BCUT2D eigenvalue weighted by Crippen LogP contribution is -2.35. The van der Waals surface area contributed by atoms with Crippen LogP contribution in [-0.2, 0) is 27.7 Å². The Hall–Kier alpha value is -2.38. The first-order valence-electron chi connectivity index (χ1n) is 10.6. The highest BCUT2D eigenvalue weighted by Crippen LogP contribution is 2.22. The number of aryl methyl sites for hydroxylation is 1. The fourth-order valence-electron chi connectivity index (χ4n) is 3.46. The summed E-state index contributed by atoms with van der Waals surface area (Å²) in [7, 11) is -3.43. The average molecular weight is 431 g/mol. The van der Waals surface area contributed by atoms with Gasteiger partial charge in [-0.25, -0.2) is 8.42 Å². The predicted molar refractivity (Wildman–Crippen MR) is 117 cm³/mol. The van der Waals surface area contributed by atoms with E-state index in [4.69, 9.17) is 4.74 Å². The van der Waals surface area contributed by atoms with E-state index in [1.807, 2.05) is 24.3 Å². The topological polar surface area (TPSA) is 75.7 Å². The molecule has 30 heavy (non-hydrogen) atoms. The van der Waals surface area contributed by atoms with Crippen LogP contribution < -0.4 is 10.1 Å². The highest BCUT2D eigenvalue weighted by molar-refractivity contribution is 7.89. The van der Waals surface area contributed by atoms with Crippen molar-refractivity contribution in [1.29, 1.82) is 0 Å². The van der Waals surface area contributed by atoms with Crippen LogP contribution in [0.15, 0.2) is 53.4 Å². The maximum atomic E-state index is 12.7. The first-order chi connectivity index (χ1) is 14.5. The zero-order chi connectivity index (χ0) is 21.4. The molecule has 6 nitrogen and oxygen atoms in total. The van der Waals surface area contributed by atoms with Crippen LogP contribution in [0.25, 0.3) is 0 Å². The van der Waals surface area contributed by atoms with E-state index in [-0.39, 0.29) is 5.91 Å². The van der Waals surface area contributed by atoms with E-state index < -0.39 is 10.0 Å². The molecule has 1 N–H and O–H groups in total. The van der Waals surface area contributed by atoms with E-state index in [2.05, 4.69) is 12.2 Å². The lowest BCUT2D eigenvalue weighted by Gasteiger charge is -2.25. The standard InChI is InChI=1S/C23H30N2O4S/c1-2-19-6-8-20(9-7-19)18-23(26)24-14-17-29-21-10-12-22(13-11-21)30(27,28)25-15-4-3-5-16-25/h6-13H,2-5,14-18H2,1H3,(H,24,26). The number of carbonyl (C=O) groups excluding carboxylic acids is 1. The van der Waals surface area contributed by atoms with Crippen LogP contribution in [-0.4, -0.2) is 44.9 Å². The van der Waals surface area contributed by atoms with Gasteiger partial charge in [0.15, 0.2) is 0 Å². The van der Waals surface area contributed by atoms with Gasteiger partial charge in [-0.1, -0.05) is 37.6 Å². The third kappa shape index (κ3) is 6.06. The molecule has 2 aromatic rings. The molecule has 1 fully saturated rings. The van der Waals surface area contributed by atoms with E-state index >= 15 is 0 Å². The molecule has 1 aliphatic heterocycles. The second-order valence-electron chi connectivity index (χ2n) is 7.48. The molecule has 1 aliphatic rings. The summed E-state index contributed by atoms with van der Waals surface area (Å²) in [5.74, 6) is 0.530. The van der Waals surface area contributed by atoms with E-state index in [0.717, 1.165) is 31.2 Å². The molecule has 0 aromatic heterocycles. The Bertz CT molecular complexity index is 919. The first kappa shape index (κ1) is 22.3. The fourth-order valence-corrected chi connectivity index (χ4v) is 4.98. The number of rotatable bonds is 9. The van der Waals surface area contributed by atoms with Crippen LogP contribution in [0, 0.1) is 0 Å². The van der Waals surface area contributed by atoms with Crippen LogP contribution in [0.4, 0.5) is 0 Å². The number of amides is 1. The molecule has 0 spiro atoms. The van der Waals surface area contributed by atoms with Gasteiger partial charge in [-0.2, -0.15) is 4.31 Å². The summed E-state index contributed by atoms with van der Waals surface area (Å²) >= 11 is 0. The molecule has 2 aromatic carbocycles. The van der Waals surface area contributed by atoms with Crippen molar-refractivity contribution in [2.75, 3.05) is 26.2 Å². The molecule has 0 atom stereocenters. The summed E-state index contributed by atoms with van der Waals surface area (Å²) in [5, 5.41) is 2.84. The lowest BCUT2D eigenvalue weighted by atomic mass is 10.1. The molecule has 162 valence electrons. The quantitative estimate of drug-likeness (QED) is 0.620. The van der Waals surface area contributed by atoms with Crippen LogP contribution in [0.3, 0.4) is 0 Å². The number of hydrogen-bond donors (Lipinski definition) is 1. The summed E-state index contributed by atoms with van der Waals surface area (Å²) in [4.78, 5) is 12.3. The van der Waals surface area contributed by atoms with E-state index in [1.54, 1.807) is 28.6 Å². The van der Waals surface area contributed by atoms with Crippen molar-refractivity contribution >= 4 is 15.9 Å². The summed E-state index contributed by atoms with van der Waals surface area (Å²) in [6.07, 6.45) is 4.23. The van der Waals surface area contributed by atoms with Gasteiger partial charge in [0.05, 0.1) is 17.9 Å². The Labute approximate surface area is 179 Å². The molecular formula is C23H30N2O4S. The maximum absolute atomic E-state index is 12.7. The molecule has 0 saturated carbocycles. The second-order valence-corrected chi connectivity index (χ2v) is 9.42. The number of hydrogen-bond acceptors (Lipinski definition) is 4. The largest absolute Gasteiger partial charge is 0.492 e. The molecule has 0 aliphatic carbocycles. The molecule has 1 amide bonds. The van der Waals surface area contributed by atoms with Crippen molar-refractivity contribution in [3.8, 4) is 5.75 Å². The molecule has 1 heterocycles. The zero-order valence-corrected chi connectivity index (χ0v) is 18.3. The van der Waals surface area contributed by atoms with Gasteiger partial charge < -0.3 is 10.1 Å². The molecule has 7 heteroatoms. The zero-order valence-electron chi connectivity index (χ0n) is 17.5. The molecule has 1 saturated heterocycles. The van der Waals surface area contributed by atoms with Gasteiger partial charge in [-0.15, -0.1) is 0 Å². The molecule has 0 radical (unpaired) electrons. The third-order valence-electron chi connectivity index (χ3n) is 5.27. The number of nitrogens with one attached hydrogen (secondary N) is 1. The van der Waals surface area contributed by atoms with Gasteiger partial charge >= 0.3 is 0 Å². The number of piperidine rings is 1. The molecular weight excluding hydrogens is 400 g/mol. The van der Waals surface area contributed by atoms with Crippen molar-refractivity contribution in [2.24, 2.45) is 0 Å². The highest BCUT2D eigenvalue weighted by atomic mass is 32.2. The van der Waals surface area contributed by atoms with Crippen molar-refractivity contribution in [2.45, 2.75) is 43.9 Å². The first-order valence-corrected chi connectivity index (χ1v) is 12.0. The SMILES string of the molecule is CCc1ccc(CC(=O)NCCOc2ccc(S(=O)(=O)N3CCCCC3)cc2)cc1. The Morgan fingerprint density at radius 2 is 1.60 bits per heavy atom. The monoisotopic (exact) mass is 430 g/mol. The minimum atomic E-state index is -3.43. The molecule has 0 unspecified atom stereocenters. The Morgan fingerprint density at radius 1 is 0.967 bits per heavy atom. The summed E-state index contributed by atoms with van der Waals surface area (Å²) in [5.41, 5.74) is 2.23. The fraction of sp³-hybridized carbons (Fsp3) is 0.435. The number of benzene rings is 2. The van der Waals surface area contributed by atoms with Gasteiger partial charge in [0, 0.05) is 13.1 Å². The van der Waals surface area contributed by atoms with Crippen LogP contribution in [0.2, 0.25) is 0 Å². The van der Waals surface area contributed by atoms with Gasteiger partial charge in [0.2, 0.25) is 15.9 Å². The Morgan fingerprint density at radius 3 is 2.23 bits per heavy atom. The van der Waals surface area contributed by atoms with E-state index in [1.165, 1.54) is 5.56 Å². The van der Waals surface area contributed by atoms with Gasteiger partial charge in [0.25, 0.3) is 0 Å². The van der Waals surface area contributed by atoms with Crippen molar-refractivity contribution in [3.05, 3.63) is 59.7 Å². The van der Waals surface area contributed by atoms with Gasteiger partial charge in [-0.3, -0.25) is 4.79 Å². The van der Waals surface area contributed by atoms with Crippen molar-refractivity contribution < 1.29 is 17.9 Å². The molecule has 0 bridgehead atoms. The van der Waals surface area contributed by atoms with Crippen LogP contribution in [0.5, 0.6) is 5.75 Å². The summed E-state index contributed by atoms with van der Waals surface area (Å²) in [6, 6.07) is 14.5. The summed E-state index contributed by atoms with van der Waals surface area (Å²) < 4.78 is 32.5. The average Bonchev–Trinajstić information content (AvgIpc) is 2.78. The number of carbonyl (C=O) groups is 1. The minimum Gasteiger partial charge on any atom is -0.492 e. The lowest BCUT2D eigenvalue weighted by molar-refractivity contribution is -0.120. The van der Waals surface area contributed by atoms with Crippen LogP contribution in [0.1, 0.15) is 37.3 Å². The normalized spacial score (nSPS) is 15.0. The maximum Gasteiger partial charge on any atom is 0.243 e. The van der Waals surface area contributed by atoms with Gasteiger partial charge in [-0.05, 0) is 54.7 Å². The Balaban J connectivity index is 1.42. The van der Waals surface area contributed by atoms with Crippen LogP contribution >= 0.6 is 0 Å². The Kier molecular flexibility index (Phi) is 7.87. The smallest absolute Gasteiger partial charge is 0.243 e. The second kappa shape index (κ2) is 10.6. The number of nitrogens with zero attached hydrogens (tertiary/aromatic N) is 1. The number of ether oxygens (including phenoxy) is 1. The summed E-state index contributed by atoms with van der Waals surface area (Å²) in [6.45, 7) is 3.98. The highest BCUT2D eigenvalue weighted by Gasteiger charge is 2.25. The third-order valence-corrected chi connectivity index (χ3v) is 7.18. The minimum absolute atomic E-state index is 0.0502.